The Bertz CT molecular complexity index is 482. The highest BCUT2D eigenvalue weighted by atomic mass is 16.1. The van der Waals surface area contributed by atoms with E-state index >= 15 is 0 Å². The van der Waals surface area contributed by atoms with Crippen LogP contribution in [0.2, 0.25) is 0 Å². The predicted octanol–water partition coefficient (Wildman–Crippen LogP) is 3.92. The van der Waals surface area contributed by atoms with Crippen molar-refractivity contribution in [3.63, 3.8) is 0 Å². The molecule has 1 unspecified atom stereocenters. The van der Waals surface area contributed by atoms with Crippen molar-refractivity contribution in [2.24, 2.45) is 0 Å². The fourth-order valence-corrected chi connectivity index (χ4v) is 2.18. The molecule has 1 nitrogen and oxygen atoms in total. The molecule has 2 aromatic carbocycles. The van der Waals surface area contributed by atoms with Gasteiger partial charge >= 0.3 is 0 Å². The van der Waals surface area contributed by atoms with Gasteiger partial charge in [-0.3, -0.25) is 0 Å². The number of fused-ring (bicyclic) bond motifs is 1. The third-order valence-electron chi connectivity index (χ3n) is 2.99. The van der Waals surface area contributed by atoms with E-state index in [4.69, 9.17) is 0 Å². The zero-order valence-electron chi connectivity index (χ0n) is 9.52. The lowest BCUT2D eigenvalue weighted by Crippen LogP contribution is -2.00. The Morgan fingerprint density at radius 2 is 1.88 bits per heavy atom. The van der Waals surface area contributed by atoms with Gasteiger partial charge in [0.2, 0.25) is 0 Å². The Morgan fingerprint density at radius 1 is 1.12 bits per heavy atom. The fraction of sp³-hybridized carbons (Fsp3) is 0.267. The van der Waals surface area contributed by atoms with Gasteiger partial charge in [0.25, 0.3) is 0 Å². The van der Waals surface area contributed by atoms with E-state index in [-0.39, 0.29) is 5.92 Å². The zero-order valence-corrected chi connectivity index (χ0v) is 9.52. The molecule has 0 spiro atoms. The maximum Gasteiger partial charge on any atom is 0.127 e. The summed E-state index contributed by atoms with van der Waals surface area (Å²) < 4.78 is 0. The van der Waals surface area contributed by atoms with Gasteiger partial charge in [-0.25, -0.2) is 0 Å². The number of benzene rings is 2. The molecule has 0 aromatic heterocycles. The third kappa shape index (κ3) is 1.99. The molecule has 0 saturated heterocycles. The van der Waals surface area contributed by atoms with Crippen LogP contribution in [0, 0.1) is 0 Å². The number of carbonyl (C=O) groups is 1. The number of carbonyl (C=O) groups excluding carboxylic acids is 1. The molecule has 2 aromatic rings. The lowest BCUT2D eigenvalue weighted by Gasteiger charge is -2.12. The second-order valence-electron chi connectivity index (χ2n) is 4.10. The summed E-state index contributed by atoms with van der Waals surface area (Å²) in [6.07, 6.45) is 3.04. The third-order valence-corrected chi connectivity index (χ3v) is 2.99. The number of hydrogen-bond acceptors (Lipinski definition) is 1. The van der Waals surface area contributed by atoms with E-state index in [9.17, 15) is 4.79 Å². The van der Waals surface area contributed by atoms with Gasteiger partial charge in [0.1, 0.15) is 6.29 Å². The predicted molar refractivity (Wildman–Crippen MR) is 67.7 cm³/mol. The summed E-state index contributed by atoms with van der Waals surface area (Å²) in [5.41, 5.74) is 1.16. The molecular weight excluding hydrogens is 196 g/mol. The average Bonchev–Trinajstić information content (AvgIpc) is 2.35. The van der Waals surface area contributed by atoms with Crippen LogP contribution in [0.3, 0.4) is 0 Å². The SMILES string of the molecule is CCCC(C=O)c1cccc2ccccc12. The van der Waals surface area contributed by atoms with Crippen molar-refractivity contribution < 1.29 is 4.79 Å². The molecule has 0 radical (unpaired) electrons. The van der Waals surface area contributed by atoms with E-state index in [0.717, 1.165) is 24.7 Å². The first-order valence-corrected chi connectivity index (χ1v) is 5.79. The molecule has 0 amide bonds. The Hall–Kier alpha value is -1.63. The first-order valence-electron chi connectivity index (χ1n) is 5.79. The molecule has 82 valence electrons. The van der Waals surface area contributed by atoms with Crippen LogP contribution >= 0.6 is 0 Å². The number of hydrogen-bond donors (Lipinski definition) is 0. The van der Waals surface area contributed by atoms with Crippen LogP contribution in [0.25, 0.3) is 10.8 Å². The van der Waals surface area contributed by atoms with Crippen LogP contribution in [0.5, 0.6) is 0 Å². The largest absolute Gasteiger partial charge is 0.303 e. The molecule has 0 saturated carbocycles. The summed E-state index contributed by atoms with van der Waals surface area (Å²) >= 11 is 0. The molecule has 0 aliphatic rings. The quantitative estimate of drug-likeness (QED) is 0.702. The van der Waals surface area contributed by atoms with Crippen LogP contribution in [0.4, 0.5) is 0 Å². The van der Waals surface area contributed by atoms with E-state index < -0.39 is 0 Å². The minimum Gasteiger partial charge on any atom is -0.303 e. The summed E-state index contributed by atoms with van der Waals surface area (Å²) in [4.78, 5) is 11.1. The molecule has 1 heteroatoms. The Labute approximate surface area is 96.1 Å². The van der Waals surface area contributed by atoms with Crippen molar-refractivity contribution in [3.8, 4) is 0 Å². The van der Waals surface area contributed by atoms with Gasteiger partial charge in [-0.2, -0.15) is 0 Å². The van der Waals surface area contributed by atoms with E-state index in [2.05, 4.69) is 31.2 Å². The van der Waals surface area contributed by atoms with Gasteiger partial charge in [0, 0.05) is 5.92 Å². The highest BCUT2D eigenvalue weighted by Gasteiger charge is 2.11. The van der Waals surface area contributed by atoms with Gasteiger partial charge < -0.3 is 4.79 Å². The van der Waals surface area contributed by atoms with Crippen molar-refractivity contribution in [3.05, 3.63) is 48.0 Å². The number of rotatable bonds is 4. The van der Waals surface area contributed by atoms with E-state index in [1.807, 2.05) is 18.2 Å². The monoisotopic (exact) mass is 212 g/mol. The minimum absolute atomic E-state index is 0.0381. The lowest BCUT2D eigenvalue weighted by atomic mass is 9.91. The molecule has 1 atom stereocenters. The van der Waals surface area contributed by atoms with Crippen molar-refractivity contribution in [2.45, 2.75) is 25.7 Å². The molecular formula is C15H16O. The Morgan fingerprint density at radius 3 is 2.62 bits per heavy atom. The molecule has 0 aliphatic carbocycles. The molecule has 0 fully saturated rings. The second-order valence-corrected chi connectivity index (χ2v) is 4.10. The summed E-state index contributed by atoms with van der Waals surface area (Å²) in [5, 5.41) is 2.42. The van der Waals surface area contributed by atoms with Crippen LogP contribution in [0.1, 0.15) is 31.2 Å². The lowest BCUT2D eigenvalue weighted by molar-refractivity contribution is -0.109. The minimum atomic E-state index is 0.0381. The Balaban J connectivity index is 2.54. The van der Waals surface area contributed by atoms with Crippen LogP contribution in [-0.2, 0) is 4.79 Å². The maximum absolute atomic E-state index is 11.1. The molecule has 2 rings (SSSR count). The van der Waals surface area contributed by atoms with Gasteiger partial charge in [-0.1, -0.05) is 55.8 Å². The van der Waals surface area contributed by atoms with Crippen LogP contribution in [0.15, 0.2) is 42.5 Å². The van der Waals surface area contributed by atoms with Gasteiger partial charge in [-0.05, 0) is 22.8 Å². The highest BCUT2D eigenvalue weighted by molar-refractivity contribution is 5.88. The van der Waals surface area contributed by atoms with E-state index in [1.165, 1.54) is 10.8 Å². The summed E-state index contributed by atoms with van der Waals surface area (Å²) in [6, 6.07) is 14.4. The van der Waals surface area contributed by atoms with Crippen LogP contribution < -0.4 is 0 Å². The zero-order chi connectivity index (χ0) is 11.4. The van der Waals surface area contributed by atoms with Crippen molar-refractivity contribution in [2.75, 3.05) is 0 Å². The first kappa shape index (κ1) is 10.9. The summed E-state index contributed by atoms with van der Waals surface area (Å²) in [5.74, 6) is 0.0381. The Kier molecular flexibility index (Phi) is 3.35. The normalized spacial score (nSPS) is 12.6. The van der Waals surface area contributed by atoms with Gasteiger partial charge in [-0.15, -0.1) is 0 Å². The van der Waals surface area contributed by atoms with Gasteiger partial charge in [0.05, 0.1) is 0 Å². The first-order chi connectivity index (χ1) is 7.86. The topological polar surface area (TPSA) is 17.1 Å². The average molecular weight is 212 g/mol. The summed E-state index contributed by atoms with van der Waals surface area (Å²) in [7, 11) is 0. The molecule has 0 aliphatic heterocycles. The molecule has 0 bridgehead atoms. The number of aldehydes is 1. The maximum atomic E-state index is 11.1. The van der Waals surface area contributed by atoms with Crippen molar-refractivity contribution >= 4 is 17.1 Å². The van der Waals surface area contributed by atoms with Gasteiger partial charge in [0.15, 0.2) is 0 Å². The van der Waals surface area contributed by atoms with Crippen molar-refractivity contribution in [1.82, 2.24) is 0 Å². The van der Waals surface area contributed by atoms with E-state index in [1.54, 1.807) is 0 Å². The fourth-order valence-electron chi connectivity index (χ4n) is 2.18. The molecule has 16 heavy (non-hydrogen) atoms. The second kappa shape index (κ2) is 4.93. The molecule has 0 heterocycles. The standard InChI is InChI=1S/C15H16O/c1-2-6-13(11-16)15-10-5-8-12-7-3-4-9-14(12)15/h3-5,7-11,13H,2,6H2,1H3. The molecule has 0 N–H and O–H groups in total. The van der Waals surface area contributed by atoms with Crippen molar-refractivity contribution in [1.29, 1.82) is 0 Å². The summed E-state index contributed by atoms with van der Waals surface area (Å²) in [6.45, 7) is 2.11. The van der Waals surface area contributed by atoms with E-state index in [0.29, 0.717) is 0 Å². The highest BCUT2D eigenvalue weighted by Crippen LogP contribution is 2.27. The van der Waals surface area contributed by atoms with Crippen LogP contribution in [-0.4, -0.2) is 6.29 Å². The smallest absolute Gasteiger partial charge is 0.127 e.